The number of carbonyl (C=O) groups excluding carboxylic acids is 1. The van der Waals surface area contributed by atoms with Crippen molar-refractivity contribution in [2.45, 2.75) is 11.3 Å². The number of carbonyl (C=O) groups is 1. The lowest BCUT2D eigenvalue weighted by Gasteiger charge is -2.08. The summed E-state index contributed by atoms with van der Waals surface area (Å²) in [6.07, 6.45) is 1.68. The van der Waals surface area contributed by atoms with Gasteiger partial charge in [-0.05, 0) is 12.1 Å². The zero-order chi connectivity index (χ0) is 11.8. The fourth-order valence-corrected chi connectivity index (χ4v) is 1.86. The minimum atomic E-state index is -0.283. The van der Waals surface area contributed by atoms with Crippen LogP contribution in [0.5, 0.6) is 0 Å². The van der Waals surface area contributed by atoms with Crippen LogP contribution in [0, 0.1) is 11.3 Å². The summed E-state index contributed by atoms with van der Waals surface area (Å²) in [6.45, 7) is 3.64. The van der Waals surface area contributed by atoms with Crippen molar-refractivity contribution in [1.29, 1.82) is 5.26 Å². The van der Waals surface area contributed by atoms with Gasteiger partial charge in [-0.1, -0.05) is 18.2 Å². The molecule has 1 aromatic carbocycles. The Morgan fingerprint density at radius 3 is 3.00 bits per heavy atom. The Bertz CT molecular complexity index is 423. The average Bonchev–Trinajstić information content (AvgIpc) is 2.28. The predicted molar refractivity (Wildman–Crippen MR) is 66.2 cm³/mol. The number of rotatable bonds is 5. The molecule has 82 valence electrons. The molecule has 0 bridgehead atoms. The van der Waals surface area contributed by atoms with Gasteiger partial charge in [-0.2, -0.15) is 5.26 Å². The van der Waals surface area contributed by atoms with E-state index in [4.69, 9.17) is 5.26 Å². The number of benzene rings is 1. The van der Waals surface area contributed by atoms with Crippen molar-refractivity contribution < 1.29 is 4.79 Å². The Labute approximate surface area is 99.2 Å². The smallest absolute Gasteiger partial charge is 0.238 e. The van der Waals surface area contributed by atoms with Crippen LogP contribution in [0.1, 0.15) is 6.42 Å². The molecule has 0 aromatic heterocycles. The van der Waals surface area contributed by atoms with Gasteiger partial charge in [0.25, 0.3) is 0 Å². The van der Waals surface area contributed by atoms with E-state index in [0.29, 0.717) is 0 Å². The van der Waals surface area contributed by atoms with Crippen molar-refractivity contribution in [2.24, 2.45) is 0 Å². The number of hydrogen-bond donors (Lipinski definition) is 1. The molecule has 0 aliphatic rings. The highest BCUT2D eigenvalue weighted by Crippen LogP contribution is 2.26. The van der Waals surface area contributed by atoms with Crippen molar-refractivity contribution in [3.8, 4) is 6.07 Å². The Morgan fingerprint density at radius 2 is 2.31 bits per heavy atom. The third kappa shape index (κ3) is 3.79. The van der Waals surface area contributed by atoms with Crippen LogP contribution in [0.4, 0.5) is 5.69 Å². The van der Waals surface area contributed by atoms with E-state index < -0.39 is 0 Å². The molecule has 1 aromatic rings. The van der Waals surface area contributed by atoms with Crippen LogP contribution < -0.4 is 5.32 Å². The largest absolute Gasteiger partial charge is 0.324 e. The first-order chi connectivity index (χ1) is 7.77. The van der Waals surface area contributed by atoms with E-state index >= 15 is 0 Å². The zero-order valence-electron chi connectivity index (χ0n) is 8.77. The molecule has 0 radical (unpaired) electrons. The van der Waals surface area contributed by atoms with Gasteiger partial charge < -0.3 is 5.32 Å². The number of nitrogens with one attached hydrogen (secondary N) is 1. The van der Waals surface area contributed by atoms with Gasteiger partial charge >= 0.3 is 0 Å². The molecular formula is C12H12N2OS. The maximum atomic E-state index is 11.3. The monoisotopic (exact) mass is 232 g/mol. The molecule has 16 heavy (non-hydrogen) atoms. The summed E-state index contributed by atoms with van der Waals surface area (Å²) in [4.78, 5) is 12.3. The molecule has 0 saturated heterocycles. The van der Waals surface area contributed by atoms with Gasteiger partial charge in [-0.25, -0.2) is 0 Å². The summed E-state index contributed by atoms with van der Waals surface area (Å²) in [5.41, 5.74) is 0.745. The molecule has 0 heterocycles. The van der Waals surface area contributed by atoms with Gasteiger partial charge in [-0.15, -0.1) is 18.3 Å². The van der Waals surface area contributed by atoms with Crippen molar-refractivity contribution in [2.75, 3.05) is 11.1 Å². The summed E-state index contributed by atoms with van der Waals surface area (Å²) in [5, 5.41) is 11.1. The second-order valence-corrected chi connectivity index (χ2v) is 4.04. The third-order valence-corrected chi connectivity index (χ3v) is 2.83. The van der Waals surface area contributed by atoms with Gasteiger partial charge in [0.2, 0.25) is 5.91 Å². The van der Waals surface area contributed by atoms with Gasteiger partial charge in [0.1, 0.15) is 6.42 Å². The molecule has 0 atom stereocenters. The van der Waals surface area contributed by atoms with Crippen molar-refractivity contribution in [3.63, 3.8) is 0 Å². The van der Waals surface area contributed by atoms with Crippen molar-refractivity contribution >= 4 is 23.4 Å². The average molecular weight is 232 g/mol. The molecule has 1 rings (SSSR count). The van der Waals surface area contributed by atoms with Crippen LogP contribution in [0.15, 0.2) is 41.8 Å². The maximum Gasteiger partial charge on any atom is 0.238 e. The van der Waals surface area contributed by atoms with Crippen LogP contribution in [-0.2, 0) is 4.79 Å². The van der Waals surface area contributed by atoms with Crippen LogP contribution in [0.3, 0.4) is 0 Å². The normalized spacial score (nSPS) is 9.19. The van der Waals surface area contributed by atoms with Crippen LogP contribution in [0.2, 0.25) is 0 Å². The van der Waals surface area contributed by atoms with Crippen LogP contribution in [0.25, 0.3) is 0 Å². The molecule has 1 amide bonds. The fraction of sp³-hybridized carbons (Fsp3) is 0.167. The Morgan fingerprint density at radius 1 is 1.56 bits per heavy atom. The van der Waals surface area contributed by atoms with E-state index in [9.17, 15) is 4.79 Å². The van der Waals surface area contributed by atoms with E-state index in [2.05, 4.69) is 11.9 Å². The highest BCUT2D eigenvalue weighted by Gasteiger charge is 2.05. The van der Waals surface area contributed by atoms with Gasteiger partial charge in [0, 0.05) is 10.6 Å². The van der Waals surface area contributed by atoms with Crippen LogP contribution >= 0.6 is 11.8 Å². The second-order valence-electron chi connectivity index (χ2n) is 2.98. The van der Waals surface area contributed by atoms with Gasteiger partial charge in [0.05, 0.1) is 11.8 Å². The lowest BCUT2D eigenvalue weighted by molar-refractivity contribution is -0.115. The Balaban J connectivity index is 2.74. The first kappa shape index (κ1) is 12.3. The molecule has 0 aliphatic heterocycles. The quantitative estimate of drug-likeness (QED) is 0.627. The minimum absolute atomic E-state index is 0.125. The first-order valence-corrected chi connectivity index (χ1v) is 5.76. The molecule has 1 N–H and O–H groups in total. The van der Waals surface area contributed by atoms with E-state index in [1.165, 1.54) is 0 Å². The summed E-state index contributed by atoms with van der Waals surface area (Å²) >= 11 is 1.59. The molecular weight excluding hydrogens is 220 g/mol. The fourth-order valence-electron chi connectivity index (χ4n) is 1.11. The summed E-state index contributed by atoms with van der Waals surface area (Å²) in [7, 11) is 0. The molecule has 0 fully saturated rings. The van der Waals surface area contributed by atoms with E-state index in [0.717, 1.165) is 16.3 Å². The number of nitriles is 1. The molecule has 0 spiro atoms. The SMILES string of the molecule is C=CCSc1ccccc1NC(=O)CC#N. The van der Waals surface area contributed by atoms with Gasteiger partial charge in [-0.3, -0.25) is 4.79 Å². The second kappa shape index (κ2) is 6.70. The number of hydrogen-bond acceptors (Lipinski definition) is 3. The number of para-hydroxylation sites is 1. The summed E-state index contributed by atoms with van der Waals surface area (Å²) in [5.74, 6) is 0.500. The Kier molecular flexibility index (Phi) is 5.17. The standard InChI is InChI=1S/C12H12N2OS/c1-2-9-16-11-6-4-3-5-10(11)14-12(15)7-8-13/h2-6H,1,7,9H2,(H,14,15). The number of nitrogens with zero attached hydrogens (tertiary/aromatic N) is 1. The van der Waals surface area contributed by atoms with Crippen molar-refractivity contribution in [1.82, 2.24) is 0 Å². The maximum absolute atomic E-state index is 11.3. The van der Waals surface area contributed by atoms with E-state index in [1.807, 2.05) is 30.3 Å². The lowest BCUT2D eigenvalue weighted by atomic mass is 10.3. The Hall–Kier alpha value is -1.73. The molecule has 4 heteroatoms. The molecule has 0 unspecified atom stereocenters. The van der Waals surface area contributed by atoms with E-state index in [-0.39, 0.29) is 12.3 Å². The highest BCUT2D eigenvalue weighted by molar-refractivity contribution is 7.99. The number of thioether (sulfide) groups is 1. The highest BCUT2D eigenvalue weighted by atomic mass is 32.2. The number of amides is 1. The van der Waals surface area contributed by atoms with E-state index in [1.54, 1.807) is 17.8 Å². The lowest BCUT2D eigenvalue weighted by Crippen LogP contribution is -2.10. The molecule has 3 nitrogen and oxygen atoms in total. The van der Waals surface area contributed by atoms with Crippen molar-refractivity contribution in [3.05, 3.63) is 36.9 Å². The van der Waals surface area contributed by atoms with Gasteiger partial charge in [0.15, 0.2) is 0 Å². The van der Waals surface area contributed by atoms with Crippen LogP contribution in [-0.4, -0.2) is 11.7 Å². The molecule has 0 aliphatic carbocycles. The number of anilines is 1. The predicted octanol–water partition coefficient (Wildman–Crippen LogP) is 2.82. The summed E-state index contributed by atoms with van der Waals surface area (Å²) < 4.78 is 0. The minimum Gasteiger partial charge on any atom is -0.324 e. The first-order valence-electron chi connectivity index (χ1n) is 4.77. The molecule has 0 saturated carbocycles. The zero-order valence-corrected chi connectivity index (χ0v) is 9.59. The topological polar surface area (TPSA) is 52.9 Å². The third-order valence-electron chi connectivity index (χ3n) is 1.76. The summed E-state index contributed by atoms with van der Waals surface area (Å²) in [6, 6.07) is 9.32.